The van der Waals surface area contributed by atoms with Crippen molar-refractivity contribution in [2.45, 2.75) is 31.9 Å². The Labute approximate surface area is 169 Å². The molecule has 2 unspecified atom stereocenters. The first-order valence-electron chi connectivity index (χ1n) is 8.86. The Morgan fingerprint density at radius 1 is 1.41 bits per heavy atom. The fourth-order valence-corrected chi connectivity index (χ4v) is 3.70. The van der Waals surface area contributed by atoms with Crippen molar-refractivity contribution >= 4 is 35.8 Å². The molecular weight excluding hydrogens is 396 g/mol. The second-order valence-corrected chi connectivity index (χ2v) is 7.09. The van der Waals surface area contributed by atoms with Crippen molar-refractivity contribution in [2.75, 3.05) is 32.7 Å². The first-order chi connectivity index (χ1) is 12.5. The minimum absolute atomic E-state index is 0. The number of amides is 2. The summed E-state index contributed by atoms with van der Waals surface area (Å²) >= 11 is 5.96. The quantitative estimate of drug-likeness (QED) is 0.811. The smallest absolute Gasteiger partial charge is 0.263 e. The van der Waals surface area contributed by atoms with Crippen molar-refractivity contribution < 1.29 is 18.7 Å². The molecule has 3 rings (SSSR count). The Balaban J connectivity index is 0.00000261. The molecule has 0 aliphatic carbocycles. The summed E-state index contributed by atoms with van der Waals surface area (Å²) in [5.41, 5.74) is 0. The molecule has 9 heteroatoms. The normalized spacial score (nSPS) is 21.4. The number of carbonyl (C=O) groups excluding carboxylic acids is 2. The summed E-state index contributed by atoms with van der Waals surface area (Å²) in [6.45, 7) is 4.60. The lowest BCUT2D eigenvalue weighted by molar-refractivity contribution is -0.144. The molecule has 0 spiro atoms. The van der Waals surface area contributed by atoms with Crippen LogP contribution < -0.4 is 10.1 Å². The maximum atomic E-state index is 13.1. The van der Waals surface area contributed by atoms with E-state index in [2.05, 4.69) is 5.32 Å². The van der Waals surface area contributed by atoms with Gasteiger partial charge in [0.25, 0.3) is 5.91 Å². The fraction of sp³-hybridized carbons (Fsp3) is 0.556. The second kappa shape index (κ2) is 9.57. The number of carbonyl (C=O) groups is 2. The second-order valence-electron chi connectivity index (χ2n) is 6.68. The minimum atomic E-state index is -0.740. The summed E-state index contributed by atoms with van der Waals surface area (Å²) in [6, 6.07) is 3.86. The Morgan fingerprint density at radius 2 is 2.19 bits per heavy atom. The van der Waals surface area contributed by atoms with Crippen molar-refractivity contribution in [3.8, 4) is 5.75 Å². The Kier molecular flexibility index (Phi) is 7.70. The highest BCUT2D eigenvalue weighted by Crippen LogP contribution is 2.26. The molecule has 0 radical (unpaired) electrons. The van der Waals surface area contributed by atoms with E-state index in [-0.39, 0.29) is 41.0 Å². The molecule has 1 N–H and O–H groups in total. The molecular formula is C18H24Cl2FN3O3. The van der Waals surface area contributed by atoms with Gasteiger partial charge >= 0.3 is 0 Å². The maximum Gasteiger partial charge on any atom is 0.263 e. The molecule has 1 aromatic rings. The molecule has 0 aromatic heterocycles. The predicted octanol–water partition coefficient (Wildman–Crippen LogP) is 2.09. The van der Waals surface area contributed by atoms with Crippen LogP contribution in [0.5, 0.6) is 5.75 Å². The van der Waals surface area contributed by atoms with E-state index in [1.807, 2.05) is 4.90 Å². The van der Waals surface area contributed by atoms with Gasteiger partial charge in [0.2, 0.25) is 5.91 Å². The van der Waals surface area contributed by atoms with Gasteiger partial charge in [0.1, 0.15) is 11.6 Å². The highest BCUT2D eigenvalue weighted by atomic mass is 35.5. The third-order valence-corrected chi connectivity index (χ3v) is 5.12. The monoisotopic (exact) mass is 419 g/mol. The van der Waals surface area contributed by atoms with Gasteiger partial charge in [-0.2, -0.15) is 0 Å². The molecule has 1 aromatic carbocycles. The van der Waals surface area contributed by atoms with Crippen LogP contribution in [-0.2, 0) is 9.59 Å². The molecule has 27 heavy (non-hydrogen) atoms. The van der Waals surface area contributed by atoms with Gasteiger partial charge in [0.15, 0.2) is 6.10 Å². The van der Waals surface area contributed by atoms with Crippen LogP contribution in [-0.4, -0.2) is 66.5 Å². The van der Waals surface area contributed by atoms with E-state index in [9.17, 15) is 14.0 Å². The third-order valence-electron chi connectivity index (χ3n) is 4.82. The van der Waals surface area contributed by atoms with Gasteiger partial charge in [0, 0.05) is 32.2 Å². The topological polar surface area (TPSA) is 61.9 Å². The lowest BCUT2D eigenvalue weighted by Crippen LogP contribution is -2.58. The summed E-state index contributed by atoms with van der Waals surface area (Å²) in [5, 5.41) is 3.19. The van der Waals surface area contributed by atoms with Crippen LogP contribution in [0.1, 0.15) is 19.8 Å². The summed E-state index contributed by atoms with van der Waals surface area (Å²) in [7, 11) is 0. The molecule has 2 aliphatic heterocycles. The third kappa shape index (κ3) is 5.24. The van der Waals surface area contributed by atoms with Crippen molar-refractivity contribution in [3.05, 3.63) is 29.0 Å². The molecule has 0 saturated carbocycles. The number of hydrogen-bond acceptors (Lipinski definition) is 4. The first-order valence-corrected chi connectivity index (χ1v) is 9.24. The van der Waals surface area contributed by atoms with Gasteiger partial charge in [-0.25, -0.2) is 4.39 Å². The van der Waals surface area contributed by atoms with Gasteiger partial charge in [-0.3, -0.25) is 9.59 Å². The lowest BCUT2D eigenvalue weighted by Gasteiger charge is -2.41. The van der Waals surface area contributed by atoms with Crippen LogP contribution in [0.2, 0.25) is 5.02 Å². The molecule has 2 atom stereocenters. The number of benzene rings is 1. The SMILES string of the molecule is CC(Oc1ccc(F)cc1Cl)C(=O)N1CCCC(N2CCNCC2=O)C1.Cl. The summed E-state index contributed by atoms with van der Waals surface area (Å²) < 4.78 is 18.8. The van der Waals surface area contributed by atoms with Crippen LogP contribution in [0, 0.1) is 5.82 Å². The van der Waals surface area contributed by atoms with Crippen molar-refractivity contribution in [1.29, 1.82) is 0 Å². The molecule has 6 nitrogen and oxygen atoms in total. The van der Waals surface area contributed by atoms with Gasteiger partial charge in [-0.15, -0.1) is 12.4 Å². The predicted molar refractivity (Wildman–Crippen MR) is 103 cm³/mol. The first kappa shape index (κ1) is 21.7. The van der Waals surface area contributed by atoms with Gasteiger partial charge in [-0.1, -0.05) is 11.6 Å². The van der Waals surface area contributed by atoms with Crippen molar-refractivity contribution in [1.82, 2.24) is 15.1 Å². The largest absolute Gasteiger partial charge is 0.479 e. The molecule has 2 aliphatic rings. The number of piperazine rings is 1. The Hall–Kier alpha value is -1.57. The van der Waals surface area contributed by atoms with Gasteiger partial charge in [-0.05, 0) is 38.0 Å². The average Bonchev–Trinajstić information content (AvgIpc) is 2.64. The van der Waals surface area contributed by atoms with Crippen molar-refractivity contribution in [3.63, 3.8) is 0 Å². The highest BCUT2D eigenvalue weighted by Gasteiger charge is 2.33. The number of nitrogens with zero attached hydrogens (tertiary/aromatic N) is 2. The molecule has 150 valence electrons. The minimum Gasteiger partial charge on any atom is -0.479 e. The maximum absolute atomic E-state index is 13.1. The highest BCUT2D eigenvalue weighted by molar-refractivity contribution is 6.32. The average molecular weight is 420 g/mol. The fourth-order valence-electron chi connectivity index (χ4n) is 3.49. The van der Waals surface area contributed by atoms with Crippen LogP contribution in [0.4, 0.5) is 4.39 Å². The summed E-state index contributed by atoms with van der Waals surface area (Å²) in [6.07, 6.45) is 1.00. The van der Waals surface area contributed by atoms with E-state index in [0.29, 0.717) is 26.2 Å². The number of hydrogen-bond donors (Lipinski definition) is 1. The molecule has 2 fully saturated rings. The Bertz CT molecular complexity index is 692. The number of rotatable bonds is 4. The molecule has 2 heterocycles. The van der Waals surface area contributed by atoms with E-state index in [1.54, 1.807) is 11.8 Å². The summed E-state index contributed by atoms with van der Waals surface area (Å²) in [5.74, 6) is -0.253. The van der Waals surface area contributed by atoms with Crippen LogP contribution in [0.3, 0.4) is 0 Å². The molecule has 0 bridgehead atoms. The van der Waals surface area contributed by atoms with E-state index in [4.69, 9.17) is 16.3 Å². The molecule has 2 amide bonds. The summed E-state index contributed by atoms with van der Waals surface area (Å²) in [4.78, 5) is 28.5. The van der Waals surface area contributed by atoms with E-state index >= 15 is 0 Å². The Morgan fingerprint density at radius 3 is 2.89 bits per heavy atom. The van der Waals surface area contributed by atoms with E-state index in [1.165, 1.54) is 12.1 Å². The van der Waals surface area contributed by atoms with Crippen molar-refractivity contribution in [2.24, 2.45) is 0 Å². The zero-order valence-electron chi connectivity index (χ0n) is 15.1. The van der Waals surface area contributed by atoms with Crippen LogP contribution >= 0.6 is 24.0 Å². The lowest BCUT2D eigenvalue weighted by atomic mass is 10.0. The van der Waals surface area contributed by atoms with Crippen LogP contribution in [0.15, 0.2) is 18.2 Å². The number of ether oxygens (including phenoxy) is 1. The number of nitrogens with one attached hydrogen (secondary N) is 1. The number of piperidine rings is 1. The van der Waals surface area contributed by atoms with E-state index in [0.717, 1.165) is 25.5 Å². The number of halogens is 3. The zero-order valence-corrected chi connectivity index (χ0v) is 16.7. The van der Waals surface area contributed by atoms with Gasteiger partial charge in [0.05, 0.1) is 11.6 Å². The number of likely N-dealkylation sites (tertiary alicyclic amines) is 1. The van der Waals surface area contributed by atoms with E-state index < -0.39 is 11.9 Å². The standard InChI is InChI=1S/C18H23ClFN3O3.ClH/c1-12(26-16-5-4-13(20)9-15(16)19)18(25)22-7-2-3-14(11-22)23-8-6-21-10-17(23)24;/h4-5,9,12,14,21H,2-3,6-8,10-11H2,1H3;1H. The zero-order chi connectivity index (χ0) is 18.7. The molecule has 2 saturated heterocycles. The van der Waals surface area contributed by atoms with Crippen LogP contribution in [0.25, 0.3) is 0 Å². The van der Waals surface area contributed by atoms with Gasteiger partial charge < -0.3 is 19.9 Å².